The van der Waals surface area contributed by atoms with Crippen molar-refractivity contribution in [1.82, 2.24) is 14.8 Å². The third-order valence-corrected chi connectivity index (χ3v) is 6.79. The lowest BCUT2D eigenvalue weighted by Crippen LogP contribution is -2.19. The summed E-state index contributed by atoms with van der Waals surface area (Å²) >= 11 is 2.82. The molecule has 4 rings (SSSR count). The second-order valence-corrected chi connectivity index (χ2v) is 8.48. The number of rotatable bonds is 6. The average Bonchev–Trinajstić information content (AvgIpc) is 3.04. The number of hydrogen-bond donors (Lipinski definition) is 2. The maximum Gasteiger partial charge on any atom is 0.251 e. The topological polar surface area (TPSA) is 103 Å². The number of nitrogens with one attached hydrogen (secondary N) is 1. The standard InChI is InChI=1S/C16H19N5O2S2/c1-21-14(8-5-6-8)19-20-16(21)24-7-11(22)18-15-12(13(17)23)9-3-2-4-10(9)25-15/h8H,2-7H2,1H3,(H2,17,23)(H,18,22). The first-order chi connectivity index (χ1) is 12.0. The normalized spacial score (nSPS) is 16.0. The second-order valence-electron chi connectivity index (χ2n) is 6.44. The van der Waals surface area contributed by atoms with Crippen molar-refractivity contribution < 1.29 is 9.59 Å². The molecule has 0 aromatic carbocycles. The van der Waals surface area contributed by atoms with Crippen molar-refractivity contribution in [2.75, 3.05) is 11.1 Å². The molecule has 2 aromatic rings. The molecule has 0 bridgehead atoms. The van der Waals surface area contributed by atoms with E-state index in [2.05, 4.69) is 15.5 Å². The molecule has 25 heavy (non-hydrogen) atoms. The quantitative estimate of drug-likeness (QED) is 0.750. The van der Waals surface area contributed by atoms with E-state index in [1.807, 2.05) is 11.6 Å². The first-order valence-corrected chi connectivity index (χ1v) is 10.1. The summed E-state index contributed by atoms with van der Waals surface area (Å²) in [7, 11) is 1.93. The molecule has 2 aliphatic rings. The van der Waals surface area contributed by atoms with E-state index in [-0.39, 0.29) is 11.7 Å². The molecule has 132 valence electrons. The number of anilines is 1. The minimum absolute atomic E-state index is 0.164. The Kier molecular flexibility index (Phi) is 4.28. The number of aryl methyl sites for hydroxylation is 1. The summed E-state index contributed by atoms with van der Waals surface area (Å²) in [6.45, 7) is 0. The molecule has 3 N–H and O–H groups in total. The van der Waals surface area contributed by atoms with Gasteiger partial charge in [-0.25, -0.2) is 0 Å². The van der Waals surface area contributed by atoms with Crippen molar-refractivity contribution in [2.45, 2.75) is 43.2 Å². The van der Waals surface area contributed by atoms with E-state index in [0.29, 0.717) is 16.5 Å². The molecule has 1 saturated carbocycles. The summed E-state index contributed by atoms with van der Waals surface area (Å²) in [4.78, 5) is 25.3. The summed E-state index contributed by atoms with van der Waals surface area (Å²) in [5, 5.41) is 12.6. The van der Waals surface area contributed by atoms with E-state index in [1.165, 1.54) is 28.0 Å². The van der Waals surface area contributed by atoms with Crippen LogP contribution in [0.15, 0.2) is 5.16 Å². The third-order valence-electron chi connectivity index (χ3n) is 4.56. The van der Waals surface area contributed by atoms with Gasteiger partial charge in [-0.2, -0.15) is 0 Å². The number of hydrogen-bond acceptors (Lipinski definition) is 6. The molecule has 9 heteroatoms. The van der Waals surface area contributed by atoms with E-state index in [9.17, 15) is 9.59 Å². The van der Waals surface area contributed by atoms with Gasteiger partial charge in [0.15, 0.2) is 5.16 Å². The number of carbonyl (C=O) groups is 2. The molecule has 0 spiro atoms. The van der Waals surface area contributed by atoms with Gasteiger partial charge in [-0.3, -0.25) is 9.59 Å². The van der Waals surface area contributed by atoms with Crippen LogP contribution in [0, 0.1) is 0 Å². The van der Waals surface area contributed by atoms with Crippen LogP contribution < -0.4 is 11.1 Å². The molecule has 1 fully saturated rings. The molecular weight excluding hydrogens is 358 g/mol. The zero-order valence-corrected chi connectivity index (χ0v) is 15.5. The first kappa shape index (κ1) is 16.6. The number of thiophene rings is 1. The van der Waals surface area contributed by atoms with Gasteiger partial charge < -0.3 is 15.6 Å². The molecule has 7 nitrogen and oxygen atoms in total. The van der Waals surface area contributed by atoms with Crippen molar-refractivity contribution in [3.8, 4) is 0 Å². The summed E-state index contributed by atoms with van der Waals surface area (Å²) in [6.07, 6.45) is 5.18. The smallest absolute Gasteiger partial charge is 0.251 e. The Morgan fingerprint density at radius 2 is 2.16 bits per heavy atom. The molecule has 0 atom stereocenters. The van der Waals surface area contributed by atoms with Gasteiger partial charge in [-0.1, -0.05) is 11.8 Å². The number of amides is 2. The lowest BCUT2D eigenvalue weighted by molar-refractivity contribution is -0.113. The molecule has 0 radical (unpaired) electrons. The average molecular weight is 377 g/mol. The van der Waals surface area contributed by atoms with Crippen LogP contribution in [0.25, 0.3) is 0 Å². The molecule has 2 amide bonds. The third kappa shape index (κ3) is 3.18. The first-order valence-electron chi connectivity index (χ1n) is 8.31. The van der Waals surface area contributed by atoms with Gasteiger partial charge in [0.05, 0.1) is 11.3 Å². The Morgan fingerprint density at radius 1 is 1.36 bits per heavy atom. The van der Waals surface area contributed by atoms with Crippen molar-refractivity contribution in [3.63, 3.8) is 0 Å². The zero-order valence-electron chi connectivity index (χ0n) is 13.9. The highest BCUT2D eigenvalue weighted by atomic mass is 32.2. The monoisotopic (exact) mass is 377 g/mol. The number of primary amides is 1. The Balaban J connectivity index is 1.42. The lowest BCUT2D eigenvalue weighted by atomic mass is 10.1. The Labute approximate surface area is 153 Å². The van der Waals surface area contributed by atoms with E-state index in [0.717, 1.165) is 48.6 Å². The van der Waals surface area contributed by atoms with Crippen molar-refractivity contribution in [1.29, 1.82) is 0 Å². The van der Waals surface area contributed by atoms with Crippen LogP contribution in [0.5, 0.6) is 0 Å². The largest absolute Gasteiger partial charge is 0.365 e. The van der Waals surface area contributed by atoms with Crippen LogP contribution in [0.4, 0.5) is 5.00 Å². The van der Waals surface area contributed by atoms with E-state index >= 15 is 0 Å². The van der Waals surface area contributed by atoms with E-state index in [4.69, 9.17) is 5.73 Å². The molecule has 0 saturated heterocycles. The minimum atomic E-state index is -0.468. The Hall–Kier alpha value is -1.87. The molecular formula is C16H19N5O2S2. The van der Waals surface area contributed by atoms with Gasteiger partial charge in [-0.15, -0.1) is 21.5 Å². The van der Waals surface area contributed by atoms with E-state index in [1.54, 1.807) is 0 Å². The van der Waals surface area contributed by atoms with Crippen LogP contribution in [-0.4, -0.2) is 32.3 Å². The fourth-order valence-corrected chi connectivity index (χ4v) is 5.22. The highest BCUT2D eigenvalue weighted by Crippen LogP contribution is 2.40. The maximum absolute atomic E-state index is 12.3. The lowest BCUT2D eigenvalue weighted by Gasteiger charge is -2.06. The highest BCUT2D eigenvalue weighted by molar-refractivity contribution is 7.99. The van der Waals surface area contributed by atoms with Crippen LogP contribution >= 0.6 is 23.1 Å². The molecule has 2 aromatic heterocycles. The highest BCUT2D eigenvalue weighted by Gasteiger charge is 2.29. The van der Waals surface area contributed by atoms with Crippen LogP contribution in [0.2, 0.25) is 0 Å². The van der Waals surface area contributed by atoms with Gasteiger partial charge >= 0.3 is 0 Å². The number of nitrogens with two attached hydrogens (primary N) is 1. The summed E-state index contributed by atoms with van der Waals surface area (Å²) < 4.78 is 1.96. The molecule has 0 unspecified atom stereocenters. The Morgan fingerprint density at radius 3 is 2.88 bits per heavy atom. The van der Waals surface area contributed by atoms with Gasteiger partial charge in [0, 0.05) is 17.8 Å². The second kappa shape index (κ2) is 6.45. The summed E-state index contributed by atoms with van der Waals surface area (Å²) in [5.41, 5.74) is 7.03. The number of carbonyl (C=O) groups excluding carboxylic acids is 2. The number of aromatic nitrogens is 3. The van der Waals surface area contributed by atoms with Gasteiger partial charge in [0.25, 0.3) is 5.91 Å². The zero-order chi connectivity index (χ0) is 17.6. The van der Waals surface area contributed by atoms with Gasteiger partial charge in [0.1, 0.15) is 10.8 Å². The van der Waals surface area contributed by atoms with Crippen molar-refractivity contribution >= 4 is 39.9 Å². The van der Waals surface area contributed by atoms with Crippen LogP contribution in [0.3, 0.4) is 0 Å². The SMILES string of the molecule is Cn1c(SCC(=O)Nc2sc3c(c2C(N)=O)CCC3)nnc1C1CC1. The molecule has 2 aliphatic carbocycles. The molecule has 0 aliphatic heterocycles. The summed E-state index contributed by atoms with van der Waals surface area (Å²) in [6, 6.07) is 0. The fraction of sp³-hybridized carbons (Fsp3) is 0.500. The van der Waals surface area contributed by atoms with Crippen molar-refractivity contribution in [2.24, 2.45) is 12.8 Å². The minimum Gasteiger partial charge on any atom is -0.365 e. The number of thioether (sulfide) groups is 1. The number of nitrogens with zero attached hydrogens (tertiary/aromatic N) is 3. The van der Waals surface area contributed by atoms with Gasteiger partial charge in [-0.05, 0) is 37.7 Å². The summed E-state index contributed by atoms with van der Waals surface area (Å²) in [5.74, 6) is 1.10. The fourth-order valence-electron chi connectivity index (χ4n) is 3.19. The predicted molar refractivity (Wildman–Crippen MR) is 97.2 cm³/mol. The molecule has 2 heterocycles. The Bertz CT molecular complexity index is 853. The van der Waals surface area contributed by atoms with Crippen LogP contribution in [0.1, 0.15) is 51.8 Å². The van der Waals surface area contributed by atoms with Crippen LogP contribution in [-0.2, 0) is 24.7 Å². The maximum atomic E-state index is 12.3. The predicted octanol–water partition coefficient (Wildman–Crippen LogP) is 2.07. The van der Waals surface area contributed by atoms with Gasteiger partial charge in [0.2, 0.25) is 5.91 Å². The number of fused-ring (bicyclic) bond motifs is 1. The van der Waals surface area contributed by atoms with Crippen molar-refractivity contribution in [3.05, 3.63) is 21.8 Å². The van der Waals surface area contributed by atoms with E-state index < -0.39 is 5.91 Å².